The summed E-state index contributed by atoms with van der Waals surface area (Å²) in [6, 6.07) is 0. The lowest BCUT2D eigenvalue weighted by Gasteiger charge is -2.46. The molecule has 1 heterocycles. The summed E-state index contributed by atoms with van der Waals surface area (Å²) in [5, 5.41) is 0. The van der Waals surface area contributed by atoms with Crippen molar-refractivity contribution in [3.8, 4) is 0 Å². The van der Waals surface area contributed by atoms with E-state index in [1.807, 2.05) is 0 Å². The summed E-state index contributed by atoms with van der Waals surface area (Å²) in [7, 11) is 1.59. The molecule has 126 valence electrons. The Morgan fingerprint density at radius 2 is 2.00 bits per heavy atom. The standard InChI is InChI=1S/C17H30N2O3/c1-10(2)5-6-11-15(3,22-11)13-12(21-4)14(20)17(18,19)9-16(13)7-8-16/h10-13H,5-9,18-19H2,1-4H3. The second-order valence-corrected chi connectivity index (χ2v) is 8.34. The minimum Gasteiger partial charge on any atom is -0.373 e. The number of carbonyl (C=O) groups excluding carboxylic acids is 1. The van der Waals surface area contributed by atoms with Crippen LogP contribution in [0.2, 0.25) is 0 Å². The zero-order chi connectivity index (χ0) is 16.3. The third-order valence-corrected chi connectivity index (χ3v) is 6.07. The molecule has 4 unspecified atom stereocenters. The molecule has 22 heavy (non-hydrogen) atoms. The summed E-state index contributed by atoms with van der Waals surface area (Å²) in [6.07, 6.45) is 4.56. The van der Waals surface area contributed by atoms with Gasteiger partial charge in [-0.05, 0) is 50.4 Å². The molecular formula is C17H30N2O3. The van der Waals surface area contributed by atoms with E-state index >= 15 is 0 Å². The first kappa shape index (κ1) is 16.4. The van der Waals surface area contributed by atoms with Gasteiger partial charge in [0.05, 0.1) is 11.7 Å². The Morgan fingerprint density at radius 3 is 2.50 bits per heavy atom. The number of carbonyl (C=O) groups is 1. The van der Waals surface area contributed by atoms with Crippen LogP contribution >= 0.6 is 0 Å². The molecule has 3 aliphatic rings. The molecule has 3 rings (SSSR count). The molecule has 0 aromatic rings. The molecule has 4 N–H and O–H groups in total. The van der Waals surface area contributed by atoms with Gasteiger partial charge in [0.2, 0.25) is 0 Å². The second-order valence-electron chi connectivity index (χ2n) is 8.34. The number of nitrogens with two attached hydrogens (primary N) is 2. The topological polar surface area (TPSA) is 90.9 Å². The van der Waals surface area contributed by atoms with Crippen molar-refractivity contribution in [2.45, 2.75) is 76.3 Å². The molecule has 1 aliphatic heterocycles. The van der Waals surface area contributed by atoms with E-state index in [-0.39, 0.29) is 28.8 Å². The number of ether oxygens (including phenoxy) is 2. The largest absolute Gasteiger partial charge is 0.373 e. The summed E-state index contributed by atoms with van der Waals surface area (Å²) in [5.74, 6) is 0.571. The van der Waals surface area contributed by atoms with Crippen molar-refractivity contribution in [1.82, 2.24) is 0 Å². The summed E-state index contributed by atoms with van der Waals surface area (Å²) in [6.45, 7) is 6.59. The van der Waals surface area contributed by atoms with Crippen LogP contribution in [0.3, 0.4) is 0 Å². The molecule has 5 heteroatoms. The number of ketones is 1. The monoisotopic (exact) mass is 310 g/mol. The summed E-state index contributed by atoms with van der Waals surface area (Å²) >= 11 is 0. The quantitative estimate of drug-likeness (QED) is 0.594. The van der Waals surface area contributed by atoms with E-state index in [9.17, 15) is 4.79 Å². The van der Waals surface area contributed by atoms with Gasteiger partial charge in [0, 0.05) is 13.0 Å². The van der Waals surface area contributed by atoms with Crippen LogP contribution in [0, 0.1) is 17.3 Å². The molecular weight excluding hydrogens is 280 g/mol. The average Bonchev–Trinajstić information content (AvgIpc) is 3.30. The Labute approximate surface area is 133 Å². The zero-order valence-electron chi connectivity index (χ0n) is 14.2. The number of Topliss-reactive ketones (excluding diaryl/α,β-unsaturated/α-hetero) is 1. The van der Waals surface area contributed by atoms with Crippen molar-refractivity contribution < 1.29 is 14.3 Å². The molecule has 1 spiro atoms. The van der Waals surface area contributed by atoms with Crippen LogP contribution in [-0.4, -0.2) is 36.4 Å². The Morgan fingerprint density at radius 1 is 1.36 bits per heavy atom. The van der Waals surface area contributed by atoms with Gasteiger partial charge in [-0.25, -0.2) is 0 Å². The fourth-order valence-electron chi connectivity index (χ4n) is 4.69. The fraction of sp³-hybridized carbons (Fsp3) is 0.941. The molecule has 0 amide bonds. The van der Waals surface area contributed by atoms with Crippen molar-refractivity contribution in [3.05, 3.63) is 0 Å². The van der Waals surface area contributed by atoms with Crippen LogP contribution in [0.15, 0.2) is 0 Å². The molecule has 0 aromatic heterocycles. The normalized spacial score (nSPS) is 42.0. The third kappa shape index (κ3) is 2.42. The SMILES string of the molecule is COC1C(=O)C(N)(N)CC2(CC2)C1C1(C)OC1CCC(C)C. The van der Waals surface area contributed by atoms with E-state index < -0.39 is 11.8 Å². The highest BCUT2D eigenvalue weighted by Gasteiger charge is 2.73. The van der Waals surface area contributed by atoms with Crippen LogP contribution in [-0.2, 0) is 14.3 Å². The number of epoxide rings is 1. The molecule has 0 bridgehead atoms. The maximum absolute atomic E-state index is 12.6. The van der Waals surface area contributed by atoms with E-state index in [2.05, 4.69) is 20.8 Å². The first-order valence-electron chi connectivity index (χ1n) is 8.49. The van der Waals surface area contributed by atoms with Gasteiger partial charge in [-0.15, -0.1) is 0 Å². The highest BCUT2D eigenvalue weighted by molar-refractivity contribution is 5.93. The summed E-state index contributed by atoms with van der Waals surface area (Å²) < 4.78 is 11.7. The van der Waals surface area contributed by atoms with Crippen LogP contribution in [0.25, 0.3) is 0 Å². The molecule has 0 aromatic carbocycles. The van der Waals surface area contributed by atoms with E-state index in [0.717, 1.165) is 25.7 Å². The minimum absolute atomic E-state index is 0.0272. The molecule has 4 atom stereocenters. The molecule has 3 fully saturated rings. The first-order valence-corrected chi connectivity index (χ1v) is 8.49. The third-order valence-electron chi connectivity index (χ3n) is 6.07. The lowest BCUT2D eigenvalue weighted by molar-refractivity contribution is -0.151. The van der Waals surface area contributed by atoms with Gasteiger partial charge in [0.25, 0.3) is 0 Å². The van der Waals surface area contributed by atoms with Crippen LogP contribution in [0.4, 0.5) is 0 Å². The van der Waals surface area contributed by atoms with Crippen molar-refractivity contribution in [2.24, 2.45) is 28.7 Å². The van der Waals surface area contributed by atoms with Gasteiger partial charge in [0.15, 0.2) is 5.78 Å². The Bertz CT molecular complexity index is 473. The molecule has 2 saturated carbocycles. The smallest absolute Gasteiger partial charge is 0.196 e. The van der Waals surface area contributed by atoms with Crippen LogP contribution in [0.5, 0.6) is 0 Å². The molecule has 1 saturated heterocycles. The van der Waals surface area contributed by atoms with Crippen molar-refractivity contribution in [2.75, 3.05) is 7.11 Å². The minimum atomic E-state index is -1.26. The Kier molecular flexibility index (Phi) is 3.72. The van der Waals surface area contributed by atoms with E-state index in [0.29, 0.717) is 12.3 Å². The highest BCUT2D eigenvalue weighted by Crippen LogP contribution is 2.67. The maximum atomic E-state index is 12.6. The van der Waals surface area contributed by atoms with Gasteiger partial charge in [-0.1, -0.05) is 13.8 Å². The van der Waals surface area contributed by atoms with Gasteiger partial charge in [-0.2, -0.15) is 0 Å². The Hall–Kier alpha value is -0.490. The first-order chi connectivity index (χ1) is 10.2. The Balaban J connectivity index is 1.81. The zero-order valence-corrected chi connectivity index (χ0v) is 14.2. The maximum Gasteiger partial charge on any atom is 0.196 e. The second kappa shape index (κ2) is 5.00. The van der Waals surface area contributed by atoms with Gasteiger partial charge in [0.1, 0.15) is 11.8 Å². The predicted octanol–water partition coefficient (Wildman–Crippen LogP) is 1.58. The lowest BCUT2D eigenvalue weighted by Crippen LogP contribution is -2.68. The molecule has 0 radical (unpaired) electrons. The van der Waals surface area contributed by atoms with Crippen molar-refractivity contribution >= 4 is 5.78 Å². The van der Waals surface area contributed by atoms with Gasteiger partial charge in [-0.3, -0.25) is 4.79 Å². The van der Waals surface area contributed by atoms with Crippen molar-refractivity contribution in [3.63, 3.8) is 0 Å². The van der Waals surface area contributed by atoms with E-state index in [1.54, 1.807) is 7.11 Å². The molecule has 2 aliphatic carbocycles. The number of hydrogen-bond acceptors (Lipinski definition) is 5. The van der Waals surface area contributed by atoms with Crippen LogP contribution < -0.4 is 11.5 Å². The summed E-state index contributed by atoms with van der Waals surface area (Å²) in [5.41, 5.74) is 10.6. The van der Waals surface area contributed by atoms with Gasteiger partial charge >= 0.3 is 0 Å². The van der Waals surface area contributed by atoms with E-state index in [1.165, 1.54) is 0 Å². The van der Waals surface area contributed by atoms with Gasteiger partial charge < -0.3 is 20.9 Å². The predicted molar refractivity (Wildman–Crippen MR) is 84.0 cm³/mol. The highest BCUT2D eigenvalue weighted by atomic mass is 16.6. The number of methoxy groups -OCH3 is 1. The fourth-order valence-corrected chi connectivity index (χ4v) is 4.69. The number of hydrogen-bond donors (Lipinski definition) is 2. The lowest BCUT2D eigenvalue weighted by atomic mass is 9.63. The van der Waals surface area contributed by atoms with E-state index in [4.69, 9.17) is 20.9 Å². The number of rotatable bonds is 5. The average molecular weight is 310 g/mol. The van der Waals surface area contributed by atoms with Crippen molar-refractivity contribution in [1.29, 1.82) is 0 Å². The van der Waals surface area contributed by atoms with Crippen LogP contribution in [0.1, 0.15) is 52.9 Å². The summed E-state index contributed by atoms with van der Waals surface area (Å²) in [4.78, 5) is 12.6. The molecule has 5 nitrogen and oxygen atoms in total.